The van der Waals surface area contributed by atoms with E-state index >= 15 is 0 Å². The molecule has 30 heavy (non-hydrogen) atoms. The molecule has 4 rings (SSSR count). The summed E-state index contributed by atoms with van der Waals surface area (Å²) in [5.41, 5.74) is 2.48. The minimum atomic E-state index is -0.313. The molecule has 0 unspecified atom stereocenters. The molecular formula is C20H15Cl2N5O2S. The maximum atomic E-state index is 12.4. The average Bonchev–Trinajstić information content (AvgIpc) is 3.14. The van der Waals surface area contributed by atoms with Gasteiger partial charge in [0.25, 0.3) is 5.56 Å². The Hall–Kier alpha value is -2.81. The predicted octanol–water partition coefficient (Wildman–Crippen LogP) is 4.45. The summed E-state index contributed by atoms with van der Waals surface area (Å²) in [6, 6.07) is 12.5. The first kappa shape index (κ1) is 20.5. The van der Waals surface area contributed by atoms with Crippen molar-refractivity contribution in [1.82, 2.24) is 19.7 Å². The zero-order valence-electron chi connectivity index (χ0n) is 15.6. The number of H-pyrrole nitrogens is 1. The number of fused-ring (bicyclic) bond motifs is 1. The fraction of sp³-hybridized carbons (Fsp3) is 0.100. The molecule has 2 heterocycles. The number of aromatic amines is 1. The molecule has 0 atom stereocenters. The molecule has 0 saturated heterocycles. The number of hydrogen-bond acceptors (Lipinski definition) is 5. The van der Waals surface area contributed by atoms with Crippen molar-refractivity contribution < 1.29 is 4.79 Å². The molecule has 0 fully saturated rings. The number of anilines is 1. The van der Waals surface area contributed by atoms with Gasteiger partial charge in [0.1, 0.15) is 5.39 Å². The summed E-state index contributed by atoms with van der Waals surface area (Å²) in [6.45, 7) is 1.96. The highest BCUT2D eigenvalue weighted by molar-refractivity contribution is 7.99. The predicted molar refractivity (Wildman–Crippen MR) is 120 cm³/mol. The number of thioether (sulfide) groups is 1. The molecule has 152 valence electrons. The van der Waals surface area contributed by atoms with Crippen molar-refractivity contribution in [3.8, 4) is 5.69 Å². The molecule has 0 spiro atoms. The van der Waals surface area contributed by atoms with Crippen molar-refractivity contribution in [2.75, 3.05) is 11.1 Å². The Bertz CT molecular complexity index is 1320. The molecule has 1 amide bonds. The van der Waals surface area contributed by atoms with Gasteiger partial charge in [-0.05, 0) is 36.8 Å². The molecule has 0 saturated carbocycles. The summed E-state index contributed by atoms with van der Waals surface area (Å²) >= 11 is 13.0. The van der Waals surface area contributed by atoms with Gasteiger partial charge in [0.15, 0.2) is 10.8 Å². The number of carbonyl (C=O) groups is 1. The molecule has 10 heteroatoms. The second-order valence-corrected chi connectivity index (χ2v) is 8.20. The number of nitrogens with zero attached hydrogens (tertiary/aromatic N) is 3. The molecular weight excluding hydrogens is 445 g/mol. The number of amides is 1. The van der Waals surface area contributed by atoms with Crippen LogP contribution in [0.4, 0.5) is 5.69 Å². The zero-order valence-corrected chi connectivity index (χ0v) is 18.0. The number of aryl methyl sites for hydroxylation is 1. The first-order valence-electron chi connectivity index (χ1n) is 8.84. The number of carbonyl (C=O) groups excluding carboxylic acids is 1. The van der Waals surface area contributed by atoms with Gasteiger partial charge in [0.2, 0.25) is 5.91 Å². The van der Waals surface area contributed by atoms with Crippen LogP contribution in [0.5, 0.6) is 0 Å². The molecule has 2 aromatic heterocycles. The van der Waals surface area contributed by atoms with Crippen LogP contribution in [0.3, 0.4) is 0 Å². The van der Waals surface area contributed by atoms with Gasteiger partial charge < -0.3 is 10.3 Å². The van der Waals surface area contributed by atoms with Crippen molar-refractivity contribution in [2.45, 2.75) is 12.1 Å². The normalized spacial score (nSPS) is 11.0. The van der Waals surface area contributed by atoms with Crippen molar-refractivity contribution in [3.05, 3.63) is 74.6 Å². The summed E-state index contributed by atoms with van der Waals surface area (Å²) < 4.78 is 1.62. The van der Waals surface area contributed by atoms with Crippen molar-refractivity contribution in [3.63, 3.8) is 0 Å². The van der Waals surface area contributed by atoms with Crippen LogP contribution in [-0.2, 0) is 4.79 Å². The Morgan fingerprint density at radius 2 is 2.00 bits per heavy atom. The van der Waals surface area contributed by atoms with Crippen LogP contribution >= 0.6 is 35.0 Å². The molecule has 0 aliphatic rings. The van der Waals surface area contributed by atoms with E-state index in [1.54, 1.807) is 22.9 Å². The minimum absolute atomic E-state index is 0.0488. The quantitative estimate of drug-likeness (QED) is 0.339. The van der Waals surface area contributed by atoms with Crippen LogP contribution in [0.15, 0.2) is 58.6 Å². The first-order valence-corrected chi connectivity index (χ1v) is 10.6. The third-order valence-corrected chi connectivity index (χ3v) is 5.92. The lowest BCUT2D eigenvalue weighted by molar-refractivity contribution is -0.113. The van der Waals surface area contributed by atoms with Crippen LogP contribution in [0.2, 0.25) is 10.0 Å². The maximum absolute atomic E-state index is 12.4. The number of aromatic nitrogens is 4. The first-order chi connectivity index (χ1) is 14.4. The van der Waals surface area contributed by atoms with E-state index in [2.05, 4.69) is 20.4 Å². The van der Waals surface area contributed by atoms with Gasteiger partial charge in [-0.1, -0.05) is 53.2 Å². The Labute approximate surface area is 185 Å². The molecule has 0 aliphatic carbocycles. The van der Waals surface area contributed by atoms with Gasteiger partial charge in [-0.15, -0.1) is 0 Å². The second-order valence-electron chi connectivity index (χ2n) is 6.42. The van der Waals surface area contributed by atoms with Crippen LogP contribution in [0, 0.1) is 6.92 Å². The summed E-state index contributed by atoms with van der Waals surface area (Å²) in [7, 11) is 0. The van der Waals surface area contributed by atoms with E-state index in [9.17, 15) is 9.59 Å². The molecule has 7 nitrogen and oxygen atoms in total. The number of halogens is 2. The lowest BCUT2D eigenvalue weighted by atomic mass is 10.2. The largest absolute Gasteiger partial charge is 0.325 e. The highest BCUT2D eigenvalue weighted by Gasteiger charge is 2.14. The summed E-state index contributed by atoms with van der Waals surface area (Å²) in [5.74, 6) is -0.221. The average molecular weight is 460 g/mol. The number of hydrogen-bond donors (Lipinski definition) is 2. The topological polar surface area (TPSA) is 92.7 Å². The van der Waals surface area contributed by atoms with E-state index in [1.165, 1.54) is 6.20 Å². The van der Waals surface area contributed by atoms with Crippen molar-refractivity contribution >= 4 is 57.6 Å². The van der Waals surface area contributed by atoms with Crippen LogP contribution in [0.25, 0.3) is 16.7 Å². The summed E-state index contributed by atoms with van der Waals surface area (Å²) in [6.07, 6.45) is 1.49. The SMILES string of the molecule is Cc1ccccc1-n1ncc2c(=O)[nH]c(SCC(=O)Nc3ccc(Cl)c(Cl)c3)nc21. The number of rotatable bonds is 5. The van der Waals surface area contributed by atoms with Gasteiger partial charge in [0, 0.05) is 5.69 Å². The minimum Gasteiger partial charge on any atom is -0.325 e. The Balaban J connectivity index is 1.55. The monoisotopic (exact) mass is 459 g/mol. The van der Waals surface area contributed by atoms with Gasteiger partial charge >= 0.3 is 0 Å². The number of nitrogens with one attached hydrogen (secondary N) is 2. The Morgan fingerprint density at radius 1 is 1.20 bits per heavy atom. The molecule has 0 radical (unpaired) electrons. The van der Waals surface area contributed by atoms with Crippen LogP contribution in [-0.4, -0.2) is 31.4 Å². The van der Waals surface area contributed by atoms with Crippen molar-refractivity contribution in [2.24, 2.45) is 0 Å². The van der Waals surface area contributed by atoms with E-state index in [0.717, 1.165) is 23.0 Å². The molecule has 0 bridgehead atoms. The standard InChI is InChI=1S/C20H15Cl2N5O2S/c1-11-4-2-3-5-16(11)27-18-13(9-23-27)19(29)26-20(25-18)30-10-17(28)24-12-6-7-14(21)15(22)8-12/h2-9H,10H2,1H3,(H,24,28)(H,25,26,29). The number of benzene rings is 2. The van der Waals surface area contributed by atoms with E-state index < -0.39 is 0 Å². The number of para-hydroxylation sites is 1. The third kappa shape index (κ3) is 4.21. The zero-order chi connectivity index (χ0) is 21.3. The lowest BCUT2D eigenvalue weighted by Gasteiger charge is -2.08. The van der Waals surface area contributed by atoms with E-state index in [-0.39, 0.29) is 17.2 Å². The smallest absolute Gasteiger partial charge is 0.262 e. The second kappa shape index (κ2) is 8.51. The molecule has 2 N–H and O–H groups in total. The van der Waals surface area contributed by atoms with Crippen LogP contribution in [0.1, 0.15) is 5.56 Å². The fourth-order valence-corrected chi connectivity index (χ4v) is 3.80. The van der Waals surface area contributed by atoms with Crippen LogP contribution < -0.4 is 10.9 Å². The van der Waals surface area contributed by atoms with E-state index in [4.69, 9.17) is 23.2 Å². The lowest BCUT2D eigenvalue weighted by Crippen LogP contribution is -2.15. The molecule has 4 aromatic rings. The highest BCUT2D eigenvalue weighted by Crippen LogP contribution is 2.25. The van der Waals surface area contributed by atoms with Gasteiger partial charge in [0.05, 0.1) is 27.7 Å². The maximum Gasteiger partial charge on any atom is 0.262 e. The van der Waals surface area contributed by atoms with Gasteiger partial charge in [-0.2, -0.15) is 5.10 Å². The van der Waals surface area contributed by atoms with Gasteiger partial charge in [-0.25, -0.2) is 9.67 Å². The molecule has 0 aliphatic heterocycles. The third-order valence-electron chi connectivity index (χ3n) is 4.30. The van der Waals surface area contributed by atoms with E-state index in [1.807, 2.05) is 31.2 Å². The van der Waals surface area contributed by atoms with Gasteiger partial charge in [-0.3, -0.25) is 9.59 Å². The Kier molecular flexibility index (Phi) is 5.80. The Morgan fingerprint density at radius 3 is 2.77 bits per heavy atom. The fourth-order valence-electron chi connectivity index (χ4n) is 2.85. The van der Waals surface area contributed by atoms with Crippen molar-refractivity contribution in [1.29, 1.82) is 0 Å². The summed E-state index contributed by atoms with van der Waals surface area (Å²) in [5, 5.41) is 8.51. The summed E-state index contributed by atoms with van der Waals surface area (Å²) in [4.78, 5) is 31.9. The van der Waals surface area contributed by atoms with E-state index in [0.29, 0.717) is 31.9 Å². The highest BCUT2D eigenvalue weighted by atomic mass is 35.5. The molecule has 2 aromatic carbocycles.